The molecule has 0 radical (unpaired) electrons. The average Bonchev–Trinajstić information content (AvgIpc) is 2.92. The fraction of sp³-hybridized carbons (Fsp3) is 0.467. The summed E-state index contributed by atoms with van der Waals surface area (Å²) in [5.41, 5.74) is 2.23. The zero-order chi connectivity index (χ0) is 14.5. The summed E-state index contributed by atoms with van der Waals surface area (Å²) in [4.78, 5) is 0. The van der Waals surface area contributed by atoms with Crippen molar-refractivity contribution in [2.24, 2.45) is 0 Å². The summed E-state index contributed by atoms with van der Waals surface area (Å²) in [6, 6.07) is 6.26. The van der Waals surface area contributed by atoms with E-state index in [1.54, 1.807) is 0 Å². The van der Waals surface area contributed by atoms with Crippen molar-refractivity contribution in [3.8, 4) is 11.5 Å². The highest BCUT2D eigenvalue weighted by molar-refractivity contribution is 14.1. The molecule has 2 aromatic rings. The third kappa shape index (κ3) is 3.38. The van der Waals surface area contributed by atoms with Crippen LogP contribution in [0.15, 0.2) is 22.6 Å². The largest absolute Gasteiger partial charge is 0.419 e. The lowest BCUT2D eigenvalue weighted by Crippen LogP contribution is -2.21. The fourth-order valence-electron chi connectivity index (χ4n) is 2.02. The van der Waals surface area contributed by atoms with Gasteiger partial charge in [-0.15, -0.1) is 10.2 Å². The van der Waals surface area contributed by atoms with E-state index in [1.165, 1.54) is 5.56 Å². The van der Waals surface area contributed by atoms with Gasteiger partial charge in [0.25, 0.3) is 0 Å². The molecule has 1 unspecified atom stereocenters. The lowest BCUT2D eigenvalue weighted by atomic mass is 10.1. The molecule has 0 fully saturated rings. The Morgan fingerprint density at radius 3 is 2.80 bits per heavy atom. The van der Waals surface area contributed by atoms with E-state index in [-0.39, 0.29) is 6.04 Å². The number of benzene rings is 1. The summed E-state index contributed by atoms with van der Waals surface area (Å²) < 4.78 is 7.03. The van der Waals surface area contributed by atoms with Gasteiger partial charge in [0.15, 0.2) is 0 Å². The molecule has 2 rings (SSSR count). The van der Waals surface area contributed by atoms with Crippen molar-refractivity contribution in [1.29, 1.82) is 0 Å². The Labute approximate surface area is 133 Å². The molecule has 5 heteroatoms. The van der Waals surface area contributed by atoms with Crippen LogP contribution < -0.4 is 5.32 Å². The Kier molecular flexibility index (Phi) is 5.54. The van der Waals surface area contributed by atoms with E-state index < -0.39 is 0 Å². The summed E-state index contributed by atoms with van der Waals surface area (Å²) in [6.07, 6.45) is 2.03. The van der Waals surface area contributed by atoms with Crippen LogP contribution in [-0.2, 0) is 0 Å². The molecule has 1 atom stereocenters. The lowest BCUT2D eigenvalue weighted by Gasteiger charge is -2.11. The van der Waals surface area contributed by atoms with Crippen LogP contribution in [0.25, 0.3) is 11.5 Å². The van der Waals surface area contributed by atoms with E-state index in [4.69, 9.17) is 4.42 Å². The van der Waals surface area contributed by atoms with Crippen molar-refractivity contribution in [2.45, 2.75) is 39.7 Å². The molecule has 108 valence electrons. The maximum absolute atomic E-state index is 5.87. The molecule has 0 aliphatic rings. The molecule has 1 N–H and O–H groups in total. The minimum absolute atomic E-state index is 0.138. The standard InChI is InChI=1S/C15H20IN3O/c1-4-9-17-12(5-2)15-19-18-14(20-15)11-8-6-7-10(3)13(11)16/h6-8,12,17H,4-5,9H2,1-3H3. The first kappa shape index (κ1) is 15.4. The van der Waals surface area contributed by atoms with Gasteiger partial charge in [-0.05, 0) is 60.5 Å². The van der Waals surface area contributed by atoms with Crippen LogP contribution in [0.3, 0.4) is 0 Å². The predicted molar refractivity (Wildman–Crippen MR) is 88.5 cm³/mol. The molecule has 0 spiro atoms. The van der Waals surface area contributed by atoms with Gasteiger partial charge in [0.1, 0.15) is 0 Å². The highest BCUT2D eigenvalue weighted by atomic mass is 127. The van der Waals surface area contributed by atoms with E-state index >= 15 is 0 Å². The van der Waals surface area contributed by atoms with Crippen molar-refractivity contribution in [2.75, 3.05) is 6.54 Å². The van der Waals surface area contributed by atoms with Crippen molar-refractivity contribution in [1.82, 2.24) is 15.5 Å². The molecule has 0 bridgehead atoms. The summed E-state index contributed by atoms with van der Waals surface area (Å²) in [5, 5.41) is 11.8. The van der Waals surface area contributed by atoms with Gasteiger partial charge in [0.05, 0.1) is 11.6 Å². The monoisotopic (exact) mass is 385 g/mol. The molecule has 1 aromatic heterocycles. The normalized spacial score (nSPS) is 12.6. The van der Waals surface area contributed by atoms with Gasteiger partial charge in [-0.2, -0.15) is 0 Å². The molecule has 0 amide bonds. The van der Waals surface area contributed by atoms with Gasteiger partial charge in [-0.3, -0.25) is 0 Å². The van der Waals surface area contributed by atoms with E-state index in [9.17, 15) is 0 Å². The van der Waals surface area contributed by atoms with Gasteiger partial charge in [0, 0.05) is 3.57 Å². The number of aromatic nitrogens is 2. The van der Waals surface area contributed by atoms with Crippen molar-refractivity contribution >= 4 is 22.6 Å². The van der Waals surface area contributed by atoms with Crippen LogP contribution in [0.5, 0.6) is 0 Å². The molecule has 4 nitrogen and oxygen atoms in total. The van der Waals surface area contributed by atoms with Crippen LogP contribution in [0.2, 0.25) is 0 Å². The molecular formula is C15H20IN3O. The first-order valence-corrected chi connectivity index (χ1v) is 8.07. The van der Waals surface area contributed by atoms with Gasteiger partial charge in [-0.1, -0.05) is 26.0 Å². The topological polar surface area (TPSA) is 51.0 Å². The van der Waals surface area contributed by atoms with Crippen LogP contribution in [0, 0.1) is 10.5 Å². The minimum atomic E-state index is 0.138. The smallest absolute Gasteiger partial charge is 0.248 e. The van der Waals surface area contributed by atoms with Gasteiger partial charge in [0.2, 0.25) is 11.8 Å². The third-order valence-corrected chi connectivity index (χ3v) is 4.64. The quantitative estimate of drug-likeness (QED) is 0.761. The second-order valence-electron chi connectivity index (χ2n) is 4.80. The second kappa shape index (κ2) is 7.17. The molecule has 1 aromatic carbocycles. The summed E-state index contributed by atoms with van der Waals surface area (Å²) in [7, 11) is 0. The highest BCUT2D eigenvalue weighted by Gasteiger charge is 2.18. The van der Waals surface area contributed by atoms with Crippen LogP contribution in [-0.4, -0.2) is 16.7 Å². The van der Waals surface area contributed by atoms with E-state index in [2.05, 4.69) is 64.9 Å². The average molecular weight is 385 g/mol. The summed E-state index contributed by atoms with van der Waals surface area (Å²) >= 11 is 2.32. The predicted octanol–water partition coefficient (Wildman–Crippen LogP) is 4.10. The molecule has 0 saturated carbocycles. The zero-order valence-corrected chi connectivity index (χ0v) is 14.3. The Morgan fingerprint density at radius 2 is 2.10 bits per heavy atom. The maximum atomic E-state index is 5.87. The van der Waals surface area contributed by atoms with E-state index in [0.29, 0.717) is 11.8 Å². The molecule has 0 aliphatic heterocycles. The van der Waals surface area contributed by atoms with Crippen LogP contribution in [0.4, 0.5) is 0 Å². The number of hydrogen-bond donors (Lipinski definition) is 1. The number of aryl methyl sites for hydroxylation is 1. The maximum Gasteiger partial charge on any atom is 0.248 e. The Morgan fingerprint density at radius 1 is 1.30 bits per heavy atom. The van der Waals surface area contributed by atoms with Crippen molar-refractivity contribution in [3.05, 3.63) is 33.2 Å². The second-order valence-corrected chi connectivity index (χ2v) is 5.88. The van der Waals surface area contributed by atoms with Gasteiger partial charge >= 0.3 is 0 Å². The molecule has 0 saturated heterocycles. The minimum Gasteiger partial charge on any atom is -0.419 e. The van der Waals surface area contributed by atoms with Crippen molar-refractivity contribution in [3.63, 3.8) is 0 Å². The number of hydrogen-bond acceptors (Lipinski definition) is 4. The Bertz CT molecular complexity index is 568. The molecular weight excluding hydrogens is 365 g/mol. The van der Waals surface area contributed by atoms with Gasteiger partial charge in [-0.25, -0.2) is 0 Å². The van der Waals surface area contributed by atoms with Gasteiger partial charge < -0.3 is 9.73 Å². The first-order valence-electron chi connectivity index (χ1n) is 6.99. The summed E-state index contributed by atoms with van der Waals surface area (Å²) in [6.45, 7) is 7.31. The third-order valence-electron chi connectivity index (χ3n) is 3.21. The fourth-order valence-corrected chi connectivity index (χ4v) is 2.61. The first-order chi connectivity index (χ1) is 9.67. The molecule has 1 heterocycles. The van der Waals surface area contributed by atoms with Crippen LogP contribution >= 0.6 is 22.6 Å². The van der Waals surface area contributed by atoms with Crippen molar-refractivity contribution < 1.29 is 4.42 Å². The molecule has 0 aliphatic carbocycles. The Balaban J connectivity index is 2.26. The molecule has 20 heavy (non-hydrogen) atoms. The van der Waals surface area contributed by atoms with E-state index in [0.717, 1.165) is 28.5 Å². The SMILES string of the molecule is CCCNC(CC)c1nnc(-c2cccc(C)c2I)o1. The zero-order valence-electron chi connectivity index (χ0n) is 12.1. The van der Waals surface area contributed by atoms with Crippen LogP contribution in [0.1, 0.15) is 44.2 Å². The van der Waals surface area contributed by atoms with E-state index in [1.807, 2.05) is 12.1 Å². The highest BCUT2D eigenvalue weighted by Crippen LogP contribution is 2.28. The Hall–Kier alpha value is -0.950. The lowest BCUT2D eigenvalue weighted by molar-refractivity contribution is 0.396. The number of nitrogens with one attached hydrogen (secondary N) is 1. The summed E-state index contributed by atoms with van der Waals surface area (Å²) in [5.74, 6) is 1.28. The number of nitrogens with zero attached hydrogens (tertiary/aromatic N) is 2. The number of halogens is 1. The number of rotatable bonds is 6.